The maximum atomic E-state index is 4.36. The smallest absolute Gasteiger partial charge is 0.147 e. The fourth-order valence-electron chi connectivity index (χ4n) is 1.44. The highest BCUT2D eigenvalue weighted by atomic mass is 32.1. The molecule has 0 saturated carbocycles. The summed E-state index contributed by atoms with van der Waals surface area (Å²) in [6.45, 7) is 9.29. The van der Waals surface area contributed by atoms with Gasteiger partial charge < -0.3 is 0 Å². The van der Waals surface area contributed by atoms with Crippen molar-refractivity contribution < 1.29 is 0 Å². The number of nitrogens with zero attached hydrogens (tertiary/aromatic N) is 3. The summed E-state index contributed by atoms with van der Waals surface area (Å²) in [5.41, 5.74) is 0. The zero-order valence-electron chi connectivity index (χ0n) is 9.36. The van der Waals surface area contributed by atoms with E-state index in [1.54, 1.807) is 0 Å². The Kier molecular flexibility index (Phi) is 3.98. The molecule has 0 radical (unpaired) electrons. The van der Waals surface area contributed by atoms with Gasteiger partial charge in [0.05, 0.1) is 0 Å². The standard InChI is InChI=1S/C10H19N3S/c1-7(2)10(6-14)5-13-9(4)11-8(3)12-13/h7,10,14H,5-6H2,1-4H3. The fourth-order valence-corrected chi connectivity index (χ4v) is 1.97. The minimum Gasteiger partial charge on any atom is -0.250 e. The average Bonchev–Trinajstić information content (AvgIpc) is 2.40. The number of hydrogen-bond donors (Lipinski definition) is 1. The van der Waals surface area contributed by atoms with Gasteiger partial charge in [0.25, 0.3) is 0 Å². The van der Waals surface area contributed by atoms with Gasteiger partial charge in [-0.1, -0.05) is 13.8 Å². The van der Waals surface area contributed by atoms with Crippen LogP contribution in [0.5, 0.6) is 0 Å². The molecular weight excluding hydrogens is 194 g/mol. The van der Waals surface area contributed by atoms with Crippen LogP contribution < -0.4 is 0 Å². The van der Waals surface area contributed by atoms with Crippen LogP contribution in [-0.2, 0) is 6.54 Å². The van der Waals surface area contributed by atoms with Gasteiger partial charge in [-0.3, -0.25) is 0 Å². The van der Waals surface area contributed by atoms with Gasteiger partial charge in [0.15, 0.2) is 0 Å². The van der Waals surface area contributed by atoms with Gasteiger partial charge in [-0.05, 0) is 31.4 Å². The quantitative estimate of drug-likeness (QED) is 0.776. The predicted octanol–water partition coefficient (Wildman–Crippen LogP) is 2.10. The molecule has 4 heteroatoms. The van der Waals surface area contributed by atoms with E-state index in [1.165, 1.54) is 0 Å². The number of aromatic nitrogens is 3. The molecule has 0 spiro atoms. The Hall–Kier alpha value is -0.510. The first kappa shape index (κ1) is 11.6. The fraction of sp³-hybridized carbons (Fsp3) is 0.800. The van der Waals surface area contributed by atoms with E-state index in [4.69, 9.17) is 0 Å². The maximum Gasteiger partial charge on any atom is 0.147 e. The topological polar surface area (TPSA) is 30.7 Å². The van der Waals surface area contributed by atoms with Crippen molar-refractivity contribution in [3.8, 4) is 0 Å². The molecule has 0 aliphatic heterocycles. The molecule has 1 aromatic rings. The summed E-state index contributed by atoms with van der Waals surface area (Å²) in [7, 11) is 0. The molecule has 80 valence electrons. The normalized spacial score (nSPS) is 13.6. The van der Waals surface area contributed by atoms with Crippen molar-refractivity contribution >= 4 is 12.6 Å². The Morgan fingerprint density at radius 3 is 2.36 bits per heavy atom. The molecule has 0 aromatic carbocycles. The van der Waals surface area contributed by atoms with Crippen LogP contribution in [0.2, 0.25) is 0 Å². The monoisotopic (exact) mass is 213 g/mol. The summed E-state index contributed by atoms with van der Waals surface area (Å²) < 4.78 is 1.98. The van der Waals surface area contributed by atoms with Crippen LogP contribution >= 0.6 is 12.6 Å². The lowest BCUT2D eigenvalue weighted by atomic mass is 9.98. The van der Waals surface area contributed by atoms with Crippen LogP contribution in [0.4, 0.5) is 0 Å². The Bertz CT molecular complexity index is 294. The van der Waals surface area contributed by atoms with Gasteiger partial charge in [0.1, 0.15) is 11.6 Å². The van der Waals surface area contributed by atoms with E-state index < -0.39 is 0 Å². The van der Waals surface area contributed by atoms with E-state index in [0.717, 1.165) is 23.9 Å². The summed E-state index contributed by atoms with van der Waals surface area (Å²) in [4.78, 5) is 4.28. The van der Waals surface area contributed by atoms with Crippen molar-refractivity contribution in [1.82, 2.24) is 14.8 Å². The van der Waals surface area contributed by atoms with Gasteiger partial charge in [0, 0.05) is 6.54 Å². The first-order valence-electron chi connectivity index (χ1n) is 5.03. The molecule has 0 aliphatic rings. The second kappa shape index (κ2) is 4.82. The van der Waals surface area contributed by atoms with Gasteiger partial charge >= 0.3 is 0 Å². The average molecular weight is 213 g/mol. The Labute approximate surface area is 91.3 Å². The summed E-state index contributed by atoms with van der Waals surface area (Å²) >= 11 is 4.36. The van der Waals surface area contributed by atoms with Gasteiger partial charge in [-0.15, -0.1) is 0 Å². The van der Waals surface area contributed by atoms with Crippen molar-refractivity contribution in [3.05, 3.63) is 11.6 Å². The second-order valence-electron chi connectivity index (χ2n) is 4.08. The third-order valence-electron chi connectivity index (χ3n) is 2.55. The second-order valence-corrected chi connectivity index (χ2v) is 4.44. The minimum absolute atomic E-state index is 0.568. The zero-order chi connectivity index (χ0) is 10.7. The lowest BCUT2D eigenvalue weighted by Crippen LogP contribution is -2.19. The molecule has 0 saturated heterocycles. The summed E-state index contributed by atoms with van der Waals surface area (Å²) in [5, 5.41) is 4.35. The molecule has 1 unspecified atom stereocenters. The molecular formula is C10H19N3S. The molecule has 0 amide bonds. The first-order valence-corrected chi connectivity index (χ1v) is 5.66. The largest absolute Gasteiger partial charge is 0.250 e. The predicted molar refractivity (Wildman–Crippen MR) is 61.7 cm³/mol. The van der Waals surface area contributed by atoms with Gasteiger partial charge in [-0.25, -0.2) is 9.67 Å². The maximum absolute atomic E-state index is 4.36. The Morgan fingerprint density at radius 1 is 1.36 bits per heavy atom. The van der Waals surface area contributed by atoms with Crippen LogP contribution in [0.25, 0.3) is 0 Å². The third-order valence-corrected chi connectivity index (χ3v) is 3.02. The lowest BCUT2D eigenvalue weighted by Gasteiger charge is -2.18. The number of rotatable bonds is 4. The molecule has 3 nitrogen and oxygen atoms in total. The number of hydrogen-bond acceptors (Lipinski definition) is 3. The number of aryl methyl sites for hydroxylation is 2. The summed E-state index contributed by atoms with van der Waals surface area (Å²) in [5.74, 6) is 3.95. The van der Waals surface area contributed by atoms with E-state index in [1.807, 2.05) is 18.5 Å². The minimum atomic E-state index is 0.568. The Balaban J connectivity index is 2.71. The van der Waals surface area contributed by atoms with Crippen LogP contribution in [0.15, 0.2) is 0 Å². The van der Waals surface area contributed by atoms with Gasteiger partial charge in [-0.2, -0.15) is 17.7 Å². The first-order chi connectivity index (χ1) is 6.54. The third kappa shape index (κ3) is 2.74. The lowest BCUT2D eigenvalue weighted by molar-refractivity contribution is 0.351. The van der Waals surface area contributed by atoms with Crippen LogP contribution in [0.3, 0.4) is 0 Å². The SMILES string of the molecule is Cc1nc(C)n(CC(CS)C(C)C)n1. The highest BCUT2D eigenvalue weighted by molar-refractivity contribution is 7.80. The molecule has 1 aromatic heterocycles. The van der Waals surface area contributed by atoms with E-state index in [9.17, 15) is 0 Å². The van der Waals surface area contributed by atoms with E-state index in [2.05, 4.69) is 36.6 Å². The van der Waals surface area contributed by atoms with E-state index in [0.29, 0.717) is 11.8 Å². The summed E-state index contributed by atoms with van der Waals surface area (Å²) in [6.07, 6.45) is 0. The Morgan fingerprint density at radius 2 is 2.00 bits per heavy atom. The van der Waals surface area contributed by atoms with E-state index in [-0.39, 0.29) is 0 Å². The highest BCUT2D eigenvalue weighted by Crippen LogP contribution is 2.15. The van der Waals surface area contributed by atoms with Crippen LogP contribution in [0, 0.1) is 25.7 Å². The molecule has 1 heterocycles. The van der Waals surface area contributed by atoms with Crippen molar-refractivity contribution in [2.75, 3.05) is 5.75 Å². The zero-order valence-corrected chi connectivity index (χ0v) is 10.3. The van der Waals surface area contributed by atoms with Crippen molar-refractivity contribution in [1.29, 1.82) is 0 Å². The molecule has 0 bridgehead atoms. The molecule has 1 rings (SSSR count). The van der Waals surface area contributed by atoms with Gasteiger partial charge in [0.2, 0.25) is 0 Å². The molecule has 14 heavy (non-hydrogen) atoms. The van der Waals surface area contributed by atoms with Crippen LogP contribution in [-0.4, -0.2) is 20.5 Å². The number of thiol groups is 1. The van der Waals surface area contributed by atoms with Crippen molar-refractivity contribution in [3.63, 3.8) is 0 Å². The molecule has 1 atom stereocenters. The van der Waals surface area contributed by atoms with E-state index >= 15 is 0 Å². The van der Waals surface area contributed by atoms with Crippen LogP contribution in [0.1, 0.15) is 25.5 Å². The van der Waals surface area contributed by atoms with Crippen molar-refractivity contribution in [2.24, 2.45) is 11.8 Å². The highest BCUT2D eigenvalue weighted by Gasteiger charge is 2.14. The summed E-state index contributed by atoms with van der Waals surface area (Å²) in [6, 6.07) is 0. The molecule has 0 N–H and O–H groups in total. The molecule has 0 aliphatic carbocycles. The molecule has 0 fully saturated rings. The van der Waals surface area contributed by atoms with Crippen molar-refractivity contribution in [2.45, 2.75) is 34.2 Å².